The third-order valence-corrected chi connectivity index (χ3v) is 2.53. The monoisotopic (exact) mass is 174 g/mol. The van der Waals surface area contributed by atoms with Gasteiger partial charge in [-0.25, -0.2) is 0 Å². The van der Waals surface area contributed by atoms with Crippen molar-refractivity contribution in [1.29, 1.82) is 0 Å². The van der Waals surface area contributed by atoms with Gasteiger partial charge in [0.15, 0.2) is 0 Å². The van der Waals surface area contributed by atoms with Crippen molar-refractivity contribution >= 4 is 16.9 Å². The summed E-state index contributed by atoms with van der Waals surface area (Å²) in [6.07, 6.45) is 2.70. The zero-order valence-electron chi connectivity index (χ0n) is 5.35. The molecule has 1 radical (unpaired) electrons. The minimum atomic E-state index is 0.575. The van der Waals surface area contributed by atoms with Crippen molar-refractivity contribution in [3.63, 3.8) is 0 Å². The standard InChI is InChI=1S/C6H13AsN/c1-6(7)3-2-4-8-5-6/h2-5,7H2,1H3/t6-/m1/s1. The van der Waals surface area contributed by atoms with Crippen LogP contribution in [0.4, 0.5) is 0 Å². The van der Waals surface area contributed by atoms with E-state index < -0.39 is 0 Å². The Morgan fingerprint density at radius 1 is 1.62 bits per heavy atom. The van der Waals surface area contributed by atoms with Crippen LogP contribution in [0.3, 0.4) is 0 Å². The summed E-state index contributed by atoms with van der Waals surface area (Å²) in [4.78, 5) is 0. The number of nitrogens with zero attached hydrogens (tertiary/aromatic N) is 1. The predicted molar refractivity (Wildman–Crippen MR) is 38.0 cm³/mol. The predicted octanol–water partition coefficient (Wildman–Crippen LogP) is 0.196. The second-order valence-electron chi connectivity index (χ2n) is 2.86. The van der Waals surface area contributed by atoms with Crippen molar-refractivity contribution in [2.75, 3.05) is 13.1 Å². The van der Waals surface area contributed by atoms with Gasteiger partial charge in [0.2, 0.25) is 0 Å². The van der Waals surface area contributed by atoms with Crippen molar-refractivity contribution in [3.8, 4) is 0 Å². The molecule has 0 spiro atoms. The summed E-state index contributed by atoms with van der Waals surface area (Å²) >= 11 is 1.85. The normalized spacial score (nSPS) is 39.8. The molecule has 0 N–H and O–H groups in total. The number of hydrogen-bond acceptors (Lipinski definition) is 0. The van der Waals surface area contributed by atoms with E-state index in [0.717, 1.165) is 13.1 Å². The Labute approximate surface area is 59.7 Å². The third kappa shape index (κ3) is 1.79. The first-order valence-corrected chi connectivity index (χ1v) is 4.34. The molecule has 1 nitrogen and oxygen atoms in total. The van der Waals surface area contributed by atoms with Crippen LogP contribution in [0.2, 0.25) is 4.20 Å². The Morgan fingerprint density at radius 3 is 2.62 bits per heavy atom. The Bertz CT molecular complexity index is 72.6. The first-order chi connectivity index (χ1) is 3.71. The molecule has 0 aromatic rings. The van der Waals surface area contributed by atoms with Gasteiger partial charge in [-0.15, -0.1) is 0 Å². The average Bonchev–Trinajstić information content (AvgIpc) is 1.65. The summed E-state index contributed by atoms with van der Waals surface area (Å²) in [7, 11) is 0. The van der Waals surface area contributed by atoms with Crippen molar-refractivity contribution < 1.29 is 0 Å². The molecule has 1 unspecified atom stereocenters. The second-order valence-corrected chi connectivity index (χ2v) is 5.79. The topological polar surface area (TPSA) is 14.1 Å². The Kier molecular flexibility index (Phi) is 2.00. The van der Waals surface area contributed by atoms with E-state index in [-0.39, 0.29) is 0 Å². The van der Waals surface area contributed by atoms with Gasteiger partial charge in [0.05, 0.1) is 0 Å². The van der Waals surface area contributed by atoms with E-state index in [9.17, 15) is 0 Å². The van der Waals surface area contributed by atoms with Gasteiger partial charge in [0, 0.05) is 0 Å². The summed E-state index contributed by atoms with van der Waals surface area (Å²) < 4.78 is 0.575. The quantitative estimate of drug-likeness (QED) is 0.466. The third-order valence-electron chi connectivity index (χ3n) is 1.54. The molecule has 1 fully saturated rings. The van der Waals surface area contributed by atoms with E-state index in [1.807, 2.05) is 16.9 Å². The molecular weight excluding hydrogens is 161 g/mol. The van der Waals surface area contributed by atoms with E-state index in [2.05, 4.69) is 12.2 Å². The van der Waals surface area contributed by atoms with Crippen LogP contribution in [0.5, 0.6) is 0 Å². The second kappa shape index (κ2) is 2.41. The first-order valence-electron chi connectivity index (χ1n) is 3.13. The SMILES string of the molecule is C[C@@]1([AsH2])CCC[N]C1. The summed E-state index contributed by atoms with van der Waals surface area (Å²) in [6.45, 7) is 4.53. The molecule has 2 heteroatoms. The Morgan fingerprint density at radius 2 is 2.38 bits per heavy atom. The van der Waals surface area contributed by atoms with Crippen LogP contribution in [-0.2, 0) is 0 Å². The molecule has 0 saturated carbocycles. The van der Waals surface area contributed by atoms with Crippen LogP contribution in [0.25, 0.3) is 0 Å². The maximum absolute atomic E-state index is 4.35. The molecule has 47 valence electrons. The number of hydrogen-bond donors (Lipinski definition) is 0. The summed E-state index contributed by atoms with van der Waals surface area (Å²) in [5.41, 5.74) is 0. The van der Waals surface area contributed by atoms with Gasteiger partial charge in [0.25, 0.3) is 0 Å². The van der Waals surface area contributed by atoms with Crippen molar-refractivity contribution in [3.05, 3.63) is 0 Å². The molecule has 1 aliphatic rings. The van der Waals surface area contributed by atoms with Gasteiger partial charge in [0.1, 0.15) is 0 Å². The van der Waals surface area contributed by atoms with Gasteiger partial charge < -0.3 is 0 Å². The van der Waals surface area contributed by atoms with Gasteiger partial charge in [-0.05, 0) is 0 Å². The van der Waals surface area contributed by atoms with Crippen molar-refractivity contribution in [1.82, 2.24) is 5.32 Å². The van der Waals surface area contributed by atoms with Crippen LogP contribution >= 0.6 is 0 Å². The fourth-order valence-electron chi connectivity index (χ4n) is 1.01. The van der Waals surface area contributed by atoms with E-state index >= 15 is 0 Å². The minimum absolute atomic E-state index is 0.575. The Balaban J connectivity index is 2.33. The first kappa shape index (κ1) is 6.64. The molecule has 1 aliphatic heterocycles. The molecule has 2 atom stereocenters. The zero-order chi connectivity index (χ0) is 6.04. The van der Waals surface area contributed by atoms with Crippen molar-refractivity contribution in [2.24, 2.45) is 0 Å². The molecule has 0 amide bonds. The van der Waals surface area contributed by atoms with Gasteiger partial charge in [-0.1, -0.05) is 0 Å². The van der Waals surface area contributed by atoms with Crippen molar-refractivity contribution in [2.45, 2.75) is 24.0 Å². The molecular formula is C6H13AsN. The molecule has 0 bridgehead atoms. The molecule has 8 heavy (non-hydrogen) atoms. The summed E-state index contributed by atoms with van der Waals surface area (Å²) in [5, 5.41) is 4.35. The van der Waals surface area contributed by atoms with Crippen LogP contribution in [0.15, 0.2) is 0 Å². The molecule has 0 aliphatic carbocycles. The maximum atomic E-state index is 4.35. The van der Waals surface area contributed by atoms with E-state index in [0.29, 0.717) is 4.20 Å². The average molecular weight is 174 g/mol. The molecule has 1 saturated heterocycles. The molecule has 0 aromatic carbocycles. The number of piperidine rings is 1. The van der Waals surface area contributed by atoms with Gasteiger partial charge >= 0.3 is 59.2 Å². The van der Waals surface area contributed by atoms with Gasteiger partial charge in [-0.2, -0.15) is 0 Å². The van der Waals surface area contributed by atoms with Crippen LogP contribution in [0, 0.1) is 0 Å². The summed E-state index contributed by atoms with van der Waals surface area (Å²) in [5.74, 6) is 0. The Hall–Kier alpha value is 0.518. The molecule has 1 heterocycles. The number of rotatable bonds is 0. The van der Waals surface area contributed by atoms with Gasteiger partial charge in [-0.3, -0.25) is 0 Å². The van der Waals surface area contributed by atoms with Crippen LogP contribution in [-0.4, -0.2) is 29.9 Å². The van der Waals surface area contributed by atoms with E-state index in [1.165, 1.54) is 12.8 Å². The van der Waals surface area contributed by atoms with Crippen LogP contribution in [0.1, 0.15) is 19.8 Å². The molecule has 1 rings (SSSR count). The fourth-order valence-corrected chi connectivity index (χ4v) is 1.71. The molecule has 0 aromatic heterocycles. The van der Waals surface area contributed by atoms with Crippen LogP contribution < -0.4 is 5.32 Å². The fraction of sp³-hybridized carbons (Fsp3) is 1.00. The summed E-state index contributed by atoms with van der Waals surface area (Å²) in [6, 6.07) is 0. The zero-order valence-corrected chi connectivity index (χ0v) is 7.78. The van der Waals surface area contributed by atoms with E-state index in [1.54, 1.807) is 0 Å². The van der Waals surface area contributed by atoms with E-state index in [4.69, 9.17) is 0 Å².